The molecule has 0 aliphatic rings. The van der Waals surface area contributed by atoms with Gasteiger partial charge in [0.2, 0.25) is 0 Å². The molecule has 0 aliphatic heterocycles. The number of ether oxygens (including phenoxy) is 1. The molecule has 1 aromatic rings. The van der Waals surface area contributed by atoms with Gasteiger partial charge in [0.15, 0.2) is 0 Å². The van der Waals surface area contributed by atoms with E-state index in [1.165, 1.54) is 5.56 Å². The minimum absolute atomic E-state index is 0.0859. The van der Waals surface area contributed by atoms with Crippen molar-refractivity contribution in [1.82, 2.24) is 5.32 Å². The summed E-state index contributed by atoms with van der Waals surface area (Å²) in [6, 6.07) is 7.92. The molecule has 0 bridgehead atoms. The summed E-state index contributed by atoms with van der Waals surface area (Å²) < 4.78 is 5.55. The van der Waals surface area contributed by atoms with Crippen LogP contribution in [0.1, 0.15) is 26.3 Å². The molecule has 0 radical (unpaired) electrons. The topological polar surface area (TPSA) is 21.3 Å². The van der Waals surface area contributed by atoms with Gasteiger partial charge in [-0.2, -0.15) is 0 Å². The Labute approximate surface area is 103 Å². The zero-order chi connectivity index (χ0) is 12.0. The number of benzene rings is 1. The van der Waals surface area contributed by atoms with Crippen molar-refractivity contribution in [3.63, 3.8) is 0 Å². The summed E-state index contributed by atoms with van der Waals surface area (Å²) in [5.41, 5.74) is 1.09. The molecule has 0 aromatic heterocycles. The highest BCUT2D eigenvalue weighted by molar-refractivity contribution is 6.31. The zero-order valence-electron chi connectivity index (χ0n) is 10.2. The number of hydrogen-bond acceptors (Lipinski definition) is 2. The molecule has 2 nitrogen and oxygen atoms in total. The van der Waals surface area contributed by atoms with Crippen LogP contribution in [0, 0.1) is 0 Å². The van der Waals surface area contributed by atoms with E-state index in [-0.39, 0.29) is 5.60 Å². The van der Waals surface area contributed by atoms with E-state index in [1.807, 2.05) is 39.0 Å². The molecule has 0 fully saturated rings. The van der Waals surface area contributed by atoms with Gasteiger partial charge in [0.25, 0.3) is 0 Å². The van der Waals surface area contributed by atoms with Gasteiger partial charge >= 0.3 is 0 Å². The summed E-state index contributed by atoms with van der Waals surface area (Å²) >= 11 is 6.05. The van der Waals surface area contributed by atoms with Crippen molar-refractivity contribution in [2.24, 2.45) is 0 Å². The van der Waals surface area contributed by atoms with Crippen molar-refractivity contribution >= 4 is 11.6 Å². The van der Waals surface area contributed by atoms with Crippen molar-refractivity contribution in [3.05, 3.63) is 34.9 Å². The molecule has 0 amide bonds. The Bertz CT molecular complexity index is 320. The van der Waals surface area contributed by atoms with Crippen LogP contribution >= 0.6 is 11.6 Å². The number of halogens is 1. The molecule has 0 saturated heterocycles. The number of rotatable bonds is 5. The van der Waals surface area contributed by atoms with Gasteiger partial charge in [0.1, 0.15) is 0 Å². The van der Waals surface area contributed by atoms with E-state index < -0.39 is 0 Å². The van der Waals surface area contributed by atoms with E-state index in [2.05, 4.69) is 11.4 Å². The zero-order valence-corrected chi connectivity index (χ0v) is 11.0. The lowest BCUT2D eigenvalue weighted by atomic mass is 10.1. The van der Waals surface area contributed by atoms with E-state index in [0.717, 1.165) is 18.0 Å². The van der Waals surface area contributed by atoms with Gasteiger partial charge in [-0.25, -0.2) is 0 Å². The van der Waals surface area contributed by atoms with Gasteiger partial charge in [0.05, 0.1) is 12.3 Å². The van der Waals surface area contributed by atoms with Crippen LogP contribution in [0.5, 0.6) is 0 Å². The highest BCUT2D eigenvalue weighted by Gasteiger charge is 2.08. The van der Waals surface area contributed by atoms with Crippen LogP contribution in [-0.4, -0.2) is 18.9 Å². The van der Waals surface area contributed by atoms with E-state index in [9.17, 15) is 0 Å². The van der Waals surface area contributed by atoms with Crippen molar-refractivity contribution in [2.45, 2.75) is 32.8 Å². The maximum absolute atomic E-state index is 6.05. The van der Waals surface area contributed by atoms with E-state index in [0.29, 0.717) is 6.73 Å². The first-order valence-corrected chi connectivity index (χ1v) is 5.95. The largest absolute Gasteiger partial charge is 0.361 e. The number of hydrogen-bond donors (Lipinski definition) is 1. The van der Waals surface area contributed by atoms with E-state index >= 15 is 0 Å². The summed E-state index contributed by atoms with van der Waals surface area (Å²) in [5, 5.41) is 4.07. The lowest BCUT2D eigenvalue weighted by molar-refractivity contribution is -0.0128. The SMILES string of the molecule is CC(C)(C)OCNCCc1ccccc1Cl. The molecule has 0 heterocycles. The Morgan fingerprint density at radius 1 is 1.25 bits per heavy atom. The second-order valence-electron chi connectivity index (χ2n) is 4.74. The summed E-state index contributed by atoms with van der Waals surface area (Å²) in [7, 11) is 0. The van der Waals surface area contributed by atoms with Crippen LogP contribution in [-0.2, 0) is 11.2 Å². The molecule has 90 valence electrons. The molecule has 0 unspecified atom stereocenters. The lowest BCUT2D eigenvalue weighted by Crippen LogP contribution is -2.28. The number of nitrogens with one attached hydrogen (secondary N) is 1. The fourth-order valence-electron chi connectivity index (χ4n) is 1.26. The van der Waals surface area contributed by atoms with Gasteiger partial charge in [0, 0.05) is 11.6 Å². The molecule has 1 rings (SSSR count). The van der Waals surface area contributed by atoms with Crippen molar-refractivity contribution in [1.29, 1.82) is 0 Å². The van der Waals surface area contributed by atoms with Crippen LogP contribution < -0.4 is 5.32 Å². The molecular formula is C13H20ClNO. The first-order valence-electron chi connectivity index (χ1n) is 5.57. The van der Waals surface area contributed by atoms with E-state index in [4.69, 9.17) is 16.3 Å². The highest BCUT2D eigenvalue weighted by Crippen LogP contribution is 2.14. The van der Waals surface area contributed by atoms with Crippen molar-refractivity contribution in [3.8, 4) is 0 Å². The third-order valence-corrected chi connectivity index (χ3v) is 2.50. The van der Waals surface area contributed by atoms with Crippen LogP contribution in [0.3, 0.4) is 0 Å². The molecule has 0 atom stereocenters. The standard InChI is InChI=1S/C13H20ClNO/c1-13(2,3)16-10-15-9-8-11-6-4-5-7-12(11)14/h4-7,15H,8-10H2,1-3H3. The molecule has 3 heteroatoms. The predicted octanol–water partition coefficient (Wildman–Crippen LogP) is 3.24. The fourth-order valence-corrected chi connectivity index (χ4v) is 1.49. The summed E-state index contributed by atoms with van der Waals surface area (Å²) in [6.45, 7) is 7.59. The Morgan fingerprint density at radius 2 is 1.94 bits per heavy atom. The molecule has 0 saturated carbocycles. The van der Waals surface area contributed by atoms with Gasteiger partial charge in [-0.15, -0.1) is 0 Å². The van der Waals surface area contributed by atoms with Gasteiger partial charge in [-0.1, -0.05) is 29.8 Å². The molecule has 1 aromatic carbocycles. The van der Waals surface area contributed by atoms with E-state index in [1.54, 1.807) is 0 Å². The minimum Gasteiger partial charge on any atom is -0.361 e. The van der Waals surface area contributed by atoms with Crippen LogP contribution in [0.15, 0.2) is 24.3 Å². The van der Waals surface area contributed by atoms with Crippen molar-refractivity contribution < 1.29 is 4.74 Å². The highest BCUT2D eigenvalue weighted by atomic mass is 35.5. The Hall–Kier alpha value is -0.570. The molecule has 16 heavy (non-hydrogen) atoms. The van der Waals surface area contributed by atoms with Crippen LogP contribution in [0.2, 0.25) is 5.02 Å². The van der Waals surface area contributed by atoms with Crippen molar-refractivity contribution in [2.75, 3.05) is 13.3 Å². The molecule has 1 N–H and O–H groups in total. The normalized spacial score (nSPS) is 11.8. The Kier molecular flexibility index (Phi) is 5.26. The van der Waals surface area contributed by atoms with Gasteiger partial charge < -0.3 is 4.74 Å². The lowest BCUT2D eigenvalue weighted by Gasteiger charge is -2.19. The Balaban J connectivity index is 2.19. The summed E-state index contributed by atoms with van der Waals surface area (Å²) in [4.78, 5) is 0. The smallest absolute Gasteiger partial charge is 0.0972 e. The summed E-state index contributed by atoms with van der Waals surface area (Å²) in [6.07, 6.45) is 0.924. The summed E-state index contributed by atoms with van der Waals surface area (Å²) in [5.74, 6) is 0. The first kappa shape index (κ1) is 13.5. The third kappa shape index (κ3) is 5.50. The maximum Gasteiger partial charge on any atom is 0.0972 e. The molecular weight excluding hydrogens is 222 g/mol. The second-order valence-corrected chi connectivity index (χ2v) is 5.15. The maximum atomic E-state index is 6.05. The predicted molar refractivity (Wildman–Crippen MR) is 68.9 cm³/mol. The quantitative estimate of drug-likeness (QED) is 0.631. The fraction of sp³-hybridized carbons (Fsp3) is 0.538. The van der Waals surface area contributed by atoms with Gasteiger partial charge in [-0.3, -0.25) is 5.32 Å². The second kappa shape index (κ2) is 6.24. The van der Waals surface area contributed by atoms with Crippen LogP contribution in [0.4, 0.5) is 0 Å². The molecule has 0 spiro atoms. The minimum atomic E-state index is -0.0859. The Morgan fingerprint density at radius 3 is 2.56 bits per heavy atom. The first-order chi connectivity index (χ1) is 7.49. The molecule has 0 aliphatic carbocycles. The van der Waals surface area contributed by atoms with Crippen LogP contribution in [0.25, 0.3) is 0 Å². The monoisotopic (exact) mass is 241 g/mol. The average Bonchev–Trinajstić information content (AvgIpc) is 2.18. The average molecular weight is 242 g/mol. The third-order valence-electron chi connectivity index (χ3n) is 2.14. The van der Waals surface area contributed by atoms with Gasteiger partial charge in [-0.05, 0) is 38.8 Å².